The van der Waals surface area contributed by atoms with Gasteiger partial charge in [0.2, 0.25) is 0 Å². The molecule has 3 aromatic heterocycles. The van der Waals surface area contributed by atoms with Crippen molar-refractivity contribution in [3.8, 4) is 0 Å². The standard InChI is InChI=1S/C21H28N4S/c1-5-6-11-25(4)20-19-18(22-12-23-20)16-14-9-7-8-10-15(14)17(13(2)3)24-21(16)26-19/h12-13H,5-11H2,1-4H3. The fourth-order valence-corrected chi connectivity index (χ4v) is 5.34. The number of hydrogen-bond acceptors (Lipinski definition) is 5. The van der Waals surface area contributed by atoms with E-state index in [0.29, 0.717) is 5.92 Å². The molecule has 3 aromatic rings. The van der Waals surface area contributed by atoms with Crippen LogP contribution < -0.4 is 4.90 Å². The van der Waals surface area contributed by atoms with Gasteiger partial charge in [-0.3, -0.25) is 0 Å². The maximum Gasteiger partial charge on any atom is 0.149 e. The van der Waals surface area contributed by atoms with E-state index in [1.165, 1.54) is 52.6 Å². The summed E-state index contributed by atoms with van der Waals surface area (Å²) < 4.78 is 1.20. The molecule has 0 aliphatic heterocycles. The predicted molar refractivity (Wildman–Crippen MR) is 112 cm³/mol. The van der Waals surface area contributed by atoms with Gasteiger partial charge in [-0.2, -0.15) is 0 Å². The maximum atomic E-state index is 5.12. The third-order valence-corrected chi connectivity index (χ3v) is 6.56. The van der Waals surface area contributed by atoms with Crippen molar-refractivity contribution < 1.29 is 0 Å². The van der Waals surface area contributed by atoms with Gasteiger partial charge in [-0.1, -0.05) is 27.2 Å². The molecule has 1 aliphatic rings. The zero-order chi connectivity index (χ0) is 18.3. The lowest BCUT2D eigenvalue weighted by Crippen LogP contribution is -2.19. The fraction of sp³-hybridized carbons (Fsp3) is 0.571. The Labute approximate surface area is 159 Å². The van der Waals surface area contributed by atoms with Crippen LogP contribution in [0.25, 0.3) is 20.4 Å². The van der Waals surface area contributed by atoms with Crippen LogP contribution in [-0.2, 0) is 12.8 Å². The first kappa shape index (κ1) is 17.7. The van der Waals surface area contributed by atoms with Crippen molar-refractivity contribution in [1.82, 2.24) is 15.0 Å². The van der Waals surface area contributed by atoms with Crippen LogP contribution in [0.1, 0.15) is 69.2 Å². The second-order valence-corrected chi connectivity index (χ2v) is 8.75. The summed E-state index contributed by atoms with van der Waals surface area (Å²) in [5.74, 6) is 1.52. The van der Waals surface area contributed by atoms with E-state index in [2.05, 4.69) is 37.7 Å². The first-order chi connectivity index (χ1) is 12.6. The van der Waals surface area contributed by atoms with Crippen LogP contribution in [0.15, 0.2) is 6.33 Å². The largest absolute Gasteiger partial charge is 0.358 e. The normalized spacial score (nSPS) is 14.3. The van der Waals surface area contributed by atoms with Crippen LogP contribution in [-0.4, -0.2) is 28.5 Å². The number of unbranched alkanes of at least 4 members (excludes halogenated alkanes) is 1. The Morgan fingerprint density at radius 2 is 1.92 bits per heavy atom. The van der Waals surface area contributed by atoms with Crippen LogP contribution in [0, 0.1) is 0 Å². The molecular weight excluding hydrogens is 340 g/mol. The van der Waals surface area contributed by atoms with Gasteiger partial charge in [0, 0.05) is 24.7 Å². The Bertz CT molecular complexity index is 944. The minimum absolute atomic E-state index is 0.467. The molecule has 0 bridgehead atoms. The Hall–Kier alpha value is -1.75. The topological polar surface area (TPSA) is 41.9 Å². The highest BCUT2D eigenvalue weighted by atomic mass is 32.1. The molecule has 0 fully saturated rings. The molecule has 0 atom stereocenters. The first-order valence-electron chi connectivity index (χ1n) is 9.91. The minimum Gasteiger partial charge on any atom is -0.358 e. The van der Waals surface area contributed by atoms with Crippen molar-refractivity contribution in [1.29, 1.82) is 0 Å². The number of aryl methyl sites for hydroxylation is 1. The van der Waals surface area contributed by atoms with E-state index in [0.717, 1.165) is 35.6 Å². The van der Waals surface area contributed by atoms with E-state index in [1.807, 2.05) is 0 Å². The second-order valence-electron chi connectivity index (χ2n) is 7.75. The molecule has 4 rings (SSSR count). The van der Waals surface area contributed by atoms with Crippen molar-refractivity contribution >= 4 is 37.6 Å². The Morgan fingerprint density at radius 1 is 1.15 bits per heavy atom. The molecule has 3 heterocycles. The summed E-state index contributed by atoms with van der Waals surface area (Å²) in [5.41, 5.74) is 5.42. The predicted octanol–water partition coefficient (Wildman–Crippen LogP) is 5.48. The van der Waals surface area contributed by atoms with Crippen LogP contribution in [0.2, 0.25) is 0 Å². The van der Waals surface area contributed by atoms with Gasteiger partial charge in [0.25, 0.3) is 0 Å². The monoisotopic (exact) mass is 368 g/mol. The van der Waals surface area contributed by atoms with E-state index >= 15 is 0 Å². The maximum absolute atomic E-state index is 5.12. The highest BCUT2D eigenvalue weighted by molar-refractivity contribution is 7.26. The lowest BCUT2D eigenvalue weighted by Gasteiger charge is -2.21. The van der Waals surface area contributed by atoms with Gasteiger partial charge >= 0.3 is 0 Å². The van der Waals surface area contributed by atoms with Crippen LogP contribution in [0.3, 0.4) is 0 Å². The molecule has 0 amide bonds. The van der Waals surface area contributed by atoms with Gasteiger partial charge in [0.15, 0.2) is 0 Å². The Balaban J connectivity index is 1.97. The van der Waals surface area contributed by atoms with Crippen molar-refractivity contribution in [3.05, 3.63) is 23.1 Å². The van der Waals surface area contributed by atoms with E-state index in [9.17, 15) is 0 Å². The third kappa shape index (κ3) is 2.86. The number of hydrogen-bond donors (Lipinski definition) is 0. The lowest BCUT2D eigenvalue weighted by atomic mass is 9.86. The number of fused-ring (bicyclic) bond motifs is 5. The van der Waals surface area contributed by atoms with Crippen LogP contribution in [0.5, 0.6) is 0 Å². The smallest absolute Gasteiger partial charge is 0.149 e. The van der Waals surface area contributed by atoms with Gasteiger partial charge in [-0.15, -0.1) is 11.3 Å². The highest BCUT2D eigenvalue weighted by Crippen LogP contribution is 2.42. The van der Waals surface area contributed by atoms with Crippen LogP contribution in [0.4, 0.5) is 5.82 Å². The molecule has 138 valence electrons. The molecule has 4 nitrogen and oxygen atoms in total. The first-order valence-corrected chi connectivity index (χ1v) is 10.7. The van der Waals surface area contributed by atoms with Crippen molar-refractivity contribution in [2.24, 2.45) is 0 Å². The van der Waals surface area contributed by atoms with Crippen LogP contribution >= 0.6 is 11.3 Å². The fourth-order valence-electron chi connectivity index (χ4n) is 4.13. The van der Waals surface area contributed by atoms with Gasteiger partial charge in [0.1, 0.15) is 17.0 Å². The number of aromatic nitrogens is 3. The quantitative estimate of drug-likeness (QED) is 0.598. The summed E-state index contributed by atoms with van der Waals surface area (Å²) in [6.45, 7) is 7.78. The number of nitrogens with zero attached hydrogens (tertiary/aromatic N) is 4. The number of thiophene rings is 1. The van der Waals surface area contributed by atoms with Gasteiger partial charge in [-0.25, -0.2) is 15.0 Å². The summed E-state index contributed by atoms with van der Waals surface area (Å²) >= 11 is 1.78. The van der Waals surface area contributed by atoms with Gasteiger partial charge < -0.3 is 4.90 Å². The third-order valence-electron chi connectivity index (χ3n) is 5.49. The molecule has 0 spiro atoms. The summed E-state index contributed by atoms with van der Waals surface area (Å²) in [6.07, 6.45) is 8.98. The molecule has 0 N–H and O–H groups in total. The molecule has 5 heteroatoms. The minimum atomic E-state index is 0.467. The number of pyridine rings is 1. The summed E-state index contributed by atoms with van der Waals surface area (Å²) in [4.78, 5) is 17.9. The average molecular weight is 369 g/mol. The van der Waals surface area contributed by atoms with E-state index in [-0.39, 0.29) is 0 Å². The van der Waals surface area contributed by atoms with Crippen molar-refractivity contribution in [2.75, 3.05) is 18.5 Å². The number of anilines is 1. The molecular formula is C21H28N4S. The zero-order valence-electron chi connectivity index (χ0n) is 16.3. The highest BCUT2D eigenvalue weighted by Gasteiger charge is 2.24. The Morgan fingerprint density at radius 3 is 2.65 bits per heavy atom. The van der Waals surface area contributed by atoms with Crippen molar-refractivity contribution in [2.45, 2.75) is 65.2 Å². The van der Waals surface area contributed by atoms with Crippen molar-refractivity contribution in [3.63, 3.8) is 0 Å². The SMILES string of the molecule is CCCCN(C)c1ncnc2c1sc1nc(C(C)C)c3c(c12)CCCC3. The summed E-state index contributed by atoms with van der Waals surface area (Å²) in [5, 5.41) is 1.30. The Kier molecular flexibility index (Phi) is 4.82. The van der Waals surface area contributed by atoms with Gasteiger partial charge in [-0.05, 0) is 49.1 Å². The van der Waals surface area contributed by atoms with E-state index < -0.39 is 0 Å². The van der Waals surface area contributed by atoms with E-state index in [4.69, 9.17) is 9.97 Å². The zero-order valence-corrected chi connectivity index (χ0v) is 17.1. The molecule has 26 heavy (non-hydrogen) atoms. The molecule has 0 saturated carbocycles. The molecule has 1 aliphatic carbocycles. The molecule has 0 aromatic carbocycles. The lowest BCUT2D eigenvalue weighted by molar-refractivity contribution is 0.667. The average Bonchev–Trinajstić information content (AvgIpc) is 3.04. The molecule has 0 saturated heterocycles. The second kappa shape index (κ2) is 7.10. The molecule has 0 radical (unpaired) electrons. The van der Waals surface area contributed by atoms with Gasteiger partial charge in [0.05, 0.1) is 10.2 Å². The number of rotatable bonds is 5. The summed E-state index contributed by atoms with van der Waals surface area (Å²) in [6, 6.07) is 0. The molecule has 0 unspecified atom stereocenters. The summed E-state index contributed by atoms with van der Waals surface area (Å²) in [7, 11) is 2.14. The van der Waals surface area contributed by atoms with E-state index in [1.54, 1.807) is 17.7 Å².